The summed E-state index contributed by atoms with van der Waals surface area (Å²) in [5.74, 6) is 0.716. The van der Waals surface area contributed by atoms with E-state index in [1.807, 2.05) is 13.0 Å². The van der Waals surface area contributed by atoms with Gasteiger partial charge in [0.2, 0.25) is 5.76 Å². The number of nitrogens with zero attached hydrogens (tertiary/aromatic N) is 2. The molecule has 1 aromatic carbocycles. The zero-order valence-electron chi connectivity index (χ0n) is 15.5. The molecule has 1 aliphatic heterocycles. The topological polar surface area (TPSA) is 45.9 Å². The van der Waals surface area contributed by atoms with Gasteiger partial charge in [-0.2, -0.15) is 0 Å². The first-order valence-corrected chi connectivity index (χ1v) is 8.70. The zero-order valence-corrected chi connectivity index (χ0v) is 15.5. The predicted molar refractivity (Wildman–Crippen MR) is 98.2 cm³/mol. The third-order valence-corrected chi connectivity index (χ3v) is 5.01. The highest BCUT2D eigenvalue weighted by molar-refractivity contribution is 5.87. The van der Waals surface area contributed by atoms with Gasteiger partial charge in [0, 0.05) is 37.4 Å². The molecule has 5 nitrogen and oxygen atoms in total. The quantitative estimate of drug-likeness (QED) is 0.798. The molecule has 2 heterocycles. The first kappa shape index (κ1) is 17.5. The van der Waals surface area contributed by atoms with E-state index in [-0.39, 0.29) is 0 Å². The summed E-state index contributed by atoms with van der Waals surface area (Å²) < 4.78 is 10.4. The lowest BCUT2D eigenvalue weighted by Gasteiger charge is -2.36. The number of hydrogen-bond donors (Lipinski definition) is 0. The lowest BCUT2D eigenvalue weighted by atomic mass is 10.1. The first-order valence-electron chi connectivity index (χ1n) is 8.70. The van der Waals surface area contributed by atoms with Gasteiger partial charge in [0.05, 0.1) is 13.7 Å². The van der Waals surface area contributed by atoms with Crippen LogP contribution >= 0.6 is 0 Å². The van der Waals surface area contributed by atoms with Crippen LogP contribution in [0.5, 0.6) is 0 Å². The number of piperazine rings is 1. The van der Waals surface area contributed by atoms with E-state index < -0.39 is 5.97 Å². The monoisotopic (exact) mass is 342 g/mol. The first-order chi connectivity index (χ1) is 12.0. The summed E-state index contributed by atoms with van der Waals surface area (Å²) in [6, 6.07) is 8.43. The highest BCUT2D eigenvalue weighted by Crippen LogP contribution is 2.24. The minimum absolute atomic E-state index is 0.312. The summed E-state index contributed by atoms with van der Waals surface area (Å²) in [5.41, 5.74) is 4.86. The second kappa shape index (κ2) is 7.31. The normalized spacial score (nSPS) is 15.4. The summed E-state index contributed by atoms with van der Waals surface area (Å²) in [6.07, 6.45) is 0. The molecule has 1 aliphatic rings. The van der Waals surface area contributed by atoms with E-state index in [0.29, 0.717) is 5.76 Å². The van der Waals surface area contributed by atoms with Crippen molar-refractivity contribution in [2.45, 2.75) is 27.3 Å². The number of esters is 1. The molecular weight excluding hydrogens is 316 g/mol. The second-order valence-corrected chi connectivity index (χ2v) is 6.70. The molecule has 0 spiro atoms. The lowest BCUT2D eigenvalue weighted by Crippen LogP contribution is -2.46. The Hall–Kier alpha value is -2.27. The van der Waals surface area contributed by atoms with Gasteiger partial charge in [-0.3, -0.25) is 4.90 Å². The fraction of sp³-hybridized carbons (Fsp3) is 0.450. The van der Waals surface area contributed by atoms with Gasteiger partial charge in [-0.1, -0.05) is 12.1 Å². The average Bonchev–Trinajstić information content (AvgIpc) is 2.98. The zero-order chi connectivity index (χ0) is 18.0. The second-order valence-electron chi connectivity index (χ2n) is 6.70. The Labute approximate surface area is 149 Å². The molecule has 1 saturated heterocycles. The number of anilines is 1. The van der Waals surface area contributed by atoms with E-state index in [9.17, 15) is 4.79 Å². The number of carbonyl (C=O) groups is 1. The van der Waals surface area contributed by atoms with Gasteiger partial charge in [-0.05, 0) is 44.0 Å². The minimum atomic E-state index is -0.413. The Morgan fingerprint density at radius 3 is 2.52 bits per heavy atom. The maximum atomic E-state index is 11.7. The van der Waals surface area contributed by atoms with E-state index in [1.165, 1.54) is 23.9 Å². The Kier molecular flexibility index (Phi) is 5.13. The molecule has 0 atom stereocenters. The summed E-state index contributed by atoms with van der Waals surface area (Å²) >= 11 is 0. The molecule has 1 fully saturated rings. The van der Waals surface area contributed by atoms with Crippen LogP contribution in [0.3, 0.4) is 0 Å². The van der Waals surface area contributed by atoms with Crippen molar-refractivity contribution in [2.24, 2.45) is 0 Å². The van der Waals surface area contributed by atoms with Gasteiger partial charge in [0.15, 0.2) is 0 Å². The van der Waals surface area contributed by atoms with Crippen LogP contribution in [0.25, 0.3) is 0 Å². The van der Waals surface area contributed by atoms with Gasteiger partial charge in [-0.25, -0.2) is 4.79 Å². The standard InChI is InChI=1S/C20H26N2O3/c1-14-6-5-7-18(16(14)3)22-10-8-21(9-11-22)13-17-12-15(2)19(25-17)20(23)24-4/h5-7,12H,8-11,13H2,1-4H3. The third kappa shape index (κ3) is 3.71. The Morgan fingerprint density at radius 1 is 1.12 bits per heavy atom. The Bertz CT molecular complexity index is 758. The summed E-state index contributed by atoms with van der Waals surface area (Å²) in [4.78, 5) is 16.5. The maximum Gasteiger partial charge on any atom is 0.374 e. The van der Waals surface area contributed by atoms with E-state index in [1.54, 1.807) is 0 Å². The van der Waals surface area contributed by atoms with Crippen LogP contribution in [0.15, 0.2) is 28.7 Å². The molecule has 1 aromatic heterocycles. The van der Waals surface area contributed by atoms with Crippen molar-refractivity contribution >= 4 is 11.7 Å². The van der Waals surface area contributed by atoms with Gasteiger partial charge in [0.25, 0.3) is 0 Å². The molecule has 0 unspecified atom stereocenters. The number of carbonyl (C=O) groups excluding carboxylic acids is 1. The molecule has 134 valence electrons. The van der Waals surface area contributed by atoms with Crippen molar-refractivity contribution in [1.82, 2.24) is 4.90 Å². The number of aryl methyl sites for hydroxylation is 2. The van der Waals surface area contributed by atoms with Crippen molar-refractivity contribution < 1.29 is 13.9 Å². The minimum Gasteiger partial charge on any atom is -0.463 e. The SMILES string of the molecule is COC(=O)c1oc(CN2CCN(c3cccc(C)c3C)CC2)cc1C. The Morgan fingerprint density at radius 2 is 1.84 bits per heavy atom. The Balaban J connectivity index is 1.61. The van der Waals surface area contributed by atoms with E-state index in [4.69, 9.17) is 9.15 Å². The molecule has 0 amide bonds. The smallest absolute Gasteiger partial charge is 0.374 e. The average molecular weight is 342 g/mol. The van der Waals surface area contributed by atoms with Crippen LogP contribution in [0, 0.1) is 20.8 Å². The number of furan rings is 1. The largest absolute Gasteiger partial charge is 0.463 e. The fourth-order valence-corrected chi connectivity index (χ4v) is 3.37. The van der Waals surface area contributed by atoms with Crippen LogP contribution in [-0.2, 0) is 11.3 Å². The number of ether oxygens (including phenoxy) is 1. The summed E-state index contributed by atoms with van der Waals surface area (Å²) in [6.45, 7) is 10.9. The fourth-order valence-electron chi connectivity index (χ4n) is 3.37. The number of hydrogen-bond acceptors (Lipinski definition) is 5. The molecule has 3 rings (SSSR count). The molecular formula is C20H26N2O3. The molecule has 0 aliphatic carbocycles. The maximum absolute atomic E-state index is 11.7. The van der Waals surface area contributed by atoms with Crippen LogP contribution in [0.2, 0.25) is 0 Å². The van der Waals surface area contributed by atoms with Crippen LogP contribution in [0.1, 0.15) is 33.0 Å². The molecule has 0 bridgehead atoms. The highest BCUT2D eigenvalue weighted by atomic mass is 16.5. The number of benzene rings is 1. The number of rotatable bonds is 4. The molecule has 0 radical (unpaired) electrons. The van der Waals surface area contributed by atoms with Crippen LogP contribution < -0.4 is 4.90 Å². The van der Waals surface area contributed by atoms with Gasteiger partial charge < -0.3 is 14.1 Å². The van der Waals surface area contributed by atoms with Crippen molar-refractivity contribution in [3.63, 3.8) is 0 Å². The van der Waals surface area contributed by atoms with E-state index >= 15 is 0 Å². The van der Waals surface area contributed by atoms with Gasteiger partial charge in [0.1, 0.15) is 5.76 Å². The summed E-state index contributed by atoms with van der Waals surface area (Å²) in [5, 5.41) is 0. The summed E-state index contributed by atoms with van der Waals surface area (Å²) in [7, 11) is 1.37. The van der Waals surface area contributed by atoms with Crippen LogP contribution in [0.4, 0.5) is 5.69 Å². The van der Waals surface area contributed by atoms with E-state index in [0.717, 1.165) is 44.0 Å². The molecule has 25 heavy (non-hydrogen) atoms. The molecule has 0 saturated carbocycles. The van der Waals surface area contributed by atoms with Crippen molar-refractivity contribution in [2.75, 3.05) is 38.2 Å². The van der Waals surface area contributed by atoms with E-state index in [2.05, 4.69) is 41.8 Å². The van der Waals surface area contributed by atoms with Gasteiger partial charge >= 0.3 is 5.97 Å². The lowest BCUT2D eigenvalue weighted by molar-refractivity contribution is 0.0560. The van der Waals surface area contributed by atoms with Crippen molar-refractivity contribution in [3.8, 4) is 0 Å². The van der Waals surface area contributed by atoms with Crippen molar-refractivity contribution in [1.29, 1.82) is 0 Å². The number of methoxy groups -OCH3 is 1. The van der Waals surface area contributed by atoms with Crippen molar-refractivity contribution in [3.05, 3.63) is 52.5 Å². The molecule has 5 heteroatoms. The molecule has 2 aromatic rings. The highest BCUT2D eigenvalue weighted by Gasteiger charge is 2.21. The predicted octanol–water partition coefficient (Wildman–Crippen LogP) is 3.31. The molecule has 0 N–H and O–H groups in total. The van der Waals surface area contributed by atoms with Crippen LogP contribution in [-0.4, -0.2) is 44.2 Å². The van der Waals surface area contributed by atoms with Gasteiger partial charge in [-0.15, -0.1) is 0 Å². The third-order valence-electron chi connectivity index (χ3n) is 5.01.